The highest BCUT2D eigenvalue weighted by molar-refractivity contribution is 7.95. The maximum atomic E-state index is 11.9. The van der Waals surface area contributed by atoms with Crippen molar-refractivity contribution in [3.05, 3.63) is 34.7 Å². The largest absolute Gasteiger partial charge is 0.478 e. The Kier molecular flexibility index (Phi) is 3.00. The predicted molar refractivity (Wildman–Crippen MR) is 67.1 cm³/mol. The highest BCUT2D eigenvalue weighted by Gasteiger charge is 2.30. The second kappa shape index (κ2) is 4.22. The van der Waals surface area contributed by atoms with Gasteiger partial charge < -0.3 is 10.0 Å². The van der Waals surface area contributed by atoms with Crippen molar-refractivity contribution >= 4 is 21.4 Å². The van der Waals surface area contributed by atoms with Gasteiger partial charge in [0.15, 0.2) is 0 Å². The van der Waals surface area contributed by atoms with E-state index in [9.17, 15) is 13.2 Å². The Morgan fingerprint density at radius 3 is 2.56 bits per heavy atom. The van der Waals surface area contributed by atoms with Crippen molar-refractivity contribution in [3.8, 4) is 0 Å². The molecule has 18 heavy (non-hydrogen) atoms. The molecule has 1 aromatic carbocycles. The molecule has 1 heterocycles. The van der Waals surface area contributed by atoms with Gasteiger partial charge in [0.25, 0.3) is 0 Å². The van der Waals surface area contributed by atoms with E-state index in [0.717, 1.165) is 5.41 Å². The highest BCUT2D eigenvalue weighted by atomic mass is 32.2. The molecule has 0 aromatic heterocycles. The van der Waals surface area contributed by atoms with Crippen molar-refractivity contribution < 1.29 is 18.3 Å². The number of fused-ring (bicyclic) bond motifs is 1. The molecule has 5 nitrogen and oxygen atoms in total. The van der Waals surface area contributed by atoms with Crippen molar-refractivity contribution in [2.24, 2.45) is 0 Å². The van der Waals surface area contributed by atoms with Crippen LogP contribution in [-0.2, 0) is 9.84 Å². The van der Waals surface area contributed by atoms with Crippen LogP contribution in [-0.4, -0.2) is 45.0 Å². The summed E-state index contributed by atoms with van der Waals surface area (Å²) < 4.78 is 23.9. The number of hydrogen-bond acceptors (Lipinski definition) is 4. The molecular formula is C12H13NO4S. The number of rotatable bonds is 3. The third kappa shape index (κ3) is 2.04. The van der Waals surface area contributed by atoms with Crippen molar-refractivity contribution in [3.63, 3.8) is 0 Å². The van der Waals surface area contributed by atoms with Gasteiger partial charge in [-0.05, 0) is 31.8 Å². The van der Waals surface area contributed by atoms with Crippen LogP contribution in [0.5, 0.6) is 0 Å². The van der Waals surface area contributed by atoms with Crippen LogP contribution in [0.15, 0.2) is 28.5 Å². The molecule has 0 atom stereocenters. The summed E-state index contributed by atoms with van der Waals surface area (Å²) in [5, 5.41) is 10.3. The summed E-state index contributed by atoms with van der Waals surface area (Å²) in [6.07, 6.45) is 0. The molecule has 0 unspecified atom stereocenters. The third-order valence-electron chi connectivity index (χ3n) is 2.67. The Morgan fingerprint density at radius 2 is 2.00 bits per heavy atom. The number of likely N-dealkylation sites (N-methyl/N-ethyl adjacent to an activating group) is 1. The second-order valence-electron chi connectivity index (χ2n) is 4.41. The number of carbonyl (C=O) groups is 1. The molecule has 0 aliphatic carbocycles. The molecule has 1 aliphatic heterocycles. The molecule has 0 spiro atoms. The quantitative estimate of drug-likeness (QED) is 0.886. The van der Waals surface area contributed by atoms with E-state index in [1.54, 1.807) is 19.0 Å². The zero-order valence-corrected chi connectivity index (χ0v) is 10.9. The van der Waals surface area contributed by atoms with Gasteiger partial charge in [-0.2, -0.15) is 0 Å². The van der Waals surface area contributed by atoms with Gasteiger partial charge in [0, 0.05) is 17.5 Å². The summed E-state index contributed by atoms with van der Waals surface area (Å²) in [5.41, 5.74) is 0.869. The van der Waals surface area contributed by atoms with Crippen LogP contribution < -0.4 is 0 Å². The van der Waals surface area contributed by atoms with Crippen molar-refractivity contribution in [2.45, 2.75) is 4.90 Å². The minimum atomic E-state index is -3.51. The first-order valence-electron chi connectivity index (χ1n) is 5.30. The first kappa shape index (κ1) is 12.8. The Hall–Kier alpha value is -1.66. The Balaban J connectivity index is 2.69. The number of benzene rings is 1. The zero-order chi connectivity index (χ0) is 13.5. The van der Waals surface area contributed by atoms with Crippen LogP contribution in [0.2, 0.25) is 0 Å². The average Bonchev–Trinajstić information content (AvgIpc) is 2.49. The lowest BCUT2D eigenvalue weighted by molar-refractivity contribution is 0.0696. The molecule has 0 saturated heterocycles. The van der Waals surface area contributed by atoms with Crippen molar-refractivity contribution in [1.82, 2.24) is 4.90 Å². The summed E-state index contributed by atoms with van der Waals surface area (Å²) in [6, 6.07) is 4.31. The number of nitrogens with zero attached hydrogens (tertiary/aromatic N) is 1. The van der Waals surface area contributed by atoms with E-state index < -0.39 is 15.8 Å². The summed E-state index contributed by atoms with van der Waals surface area (Å²) >= 11 is 0. The molecule has 0 radical (unpaired) electrons. The van der Waals surface area contributed by atoms with Crippen LogP contribution in [0.1, 0.15) is 15.9 Å². The predicted octanol–water partition coefficient (Wildman–Crippen LogP) is 1.07. The van der Waals surface area contributed by atoms with Gasteiger partial charge in [-0.3, -0.25) is 0 Å². The van der Waals surface area contributed by atoms with E-state index in [2.05, 4.69) is 0 Å². The number of sulfone groups is 1. The van der Waals surface area contributed by atoms with Gasteiger partial charge in [-0.25, -0.2) is 13.2 Å². The first-order valence-corrected chi connectivity index (χ1v) is 6.84. The first-order chi connectivity index (χ1) is 8.33. The van der Waals surface area contributed by atoms with E-state index in [-0.39, 0.29) is 10.5 Å². The van der Waals surface area contributed by atoms with Gasteiger partial charge in [0.05, 0.1) is 10.5 Å². The lowest BCUT2D eigenvalue weighted by Gasteiger charge is -2.12. The Morgan fingerprint density at radius 1 is 1.33 bits per heavy atom. The van der Waals surface area contributed by atoms with Crippen molar-refractivity contribution in [2.75, 3.05) is 20.6 Å². The average molecular weight is 267 g/mol. The lowest BCUT2D eigenvalue weighted by Crippen LogP contribution is -2.15. The second-order valence-corrected chi connectivity index (χ2v) is 6.18. The molecule has 6 heteroatoms. The molecule has 96 valence electrons. The SMILES string of the molecule is CN(C)CC1=CS(=O)(=O)c2cccc(C(=O)O)c21. The maximum absolute atomic E-state index is 11.9. The topological polar surface area (TPSA) is 74.7 Å². The standard InChI is InChI=1S/C12H13NO4S/c1-13(2)6-8-7-18(16,17)10-5-3-4-9(11(8)10)12(14)15/h3-5,7H,6H2,1-2H3,(H,14,15). The van der Waals surface area contributed by atoms with Crippen LogP contribution in [0.3, 0.4) is 0 Å². The normalized spacial score (nSPS) is 16.5. The number of hydrogen-bond donors (Lipinski definition) is 1. The highest BCUT2D eigenvalue weighted by Crippen LogP contribution is 2.35. The summed E-state index contributed by atoms with van der Waals surface area (Å²) in [5.74, 6) is -1.12. The van der Waals surface area contributed by atoms with Crippen LogP contribution >= 0.6 is 0 Å². The summed E-state index contributed by atoms with van der Waals surface area (Å²) in [7, 11) is 0.0924. The molecule has 0 fully saturated rings. The van der Waals surface area contributed by atoms with E-state index >= 15 is 0 Å². The molecule has 0 saturated carbocycles. The van der Waals surface area contributed by atoms with E-state index in [4.69, 9.17) is 5.11 Å². The Labute approximate surface area is 105 Å². The smallest absolute Gasteiger partial charge is 0.336 e. The van der Waals surface area contributed by atoms with E-state index in [0.29, 0.717) is 17.7 Å². The molecule has 0 amide bonds. The van der Waals surface area contributed by atoms with Crippen LogP contribution in [0.25, 0.3) is 5.57 Å². The molecule has 1 aromatic rings. The van der Waals surface area contributed by atoms with Crippen LogP contribution in [0, 0.1) is 0 Å². The van der Waals surface area contributed by atoms with Crippen molar-refractivity contribution in [1.29, 1.82) is 0 Å². The maximum Gasteiger partial charge on any atom is 0.336 e. The molecule has 1 N–H and O–H groups in total. The Bertz CT molecular complexity index is 644. The minimum Gasteiger partial charge on any atom is -0.478 e. The number of aromatic carboxylic acids is 1. The van der Waals surface area contributed by atoms with E-state index in [1.807, 2.05) is 0 Å². The molecule has 2 rings (SSSR count). The minimum absolute atomic E-state index is 0.0293. The van der Waals surface area contributed by atoms with Gasteiger partial charge in [0.2, 0.25) is 9.84 Å². The molecular weight excluding hydrogens is 254 g/mol. The van der Waals surface area contributed by atoms with E-state index in [1.165, 1.54) is 18.2 Å². The van der Waals surface area contributed by atoms with Gasteiger partial charge >= 0.3 is 5.97 Å². The molecule has 0 bridgehead atoms. The summed E-state index contributed by atoms with van der Waals surface area (Å²) in [6.45, 7) is 0.385. The third-order valence-corrected chi connectivity index (χ3v) is 4.22. The van der Waals surface area contributed by atoms with Gasteiger partial charge in [0.1, 0.15) is 0 Å². The fourth-order valence-corrected chi connectivity index (χ4v) is 3.53. The lowest BCUT2D eigenvalue weighted by atomic mass is 10.0. The van der Waals surface area contributed by atoms with Crippen LogP contribution in [0.4, 0.5) is 0 Å². The van der Waals surface area contributed by atoms with Gasteiger partial charge in [-0.1, -0.05) is 6.07 Å². The summed E-state index contributed by atoms with van der Waals surface area (Å²) in [4.78, 5) is 13.1. The fraction of sp³-hybridized carbons (Fsp3) is 0.250. The van der Waals surface area contributed by atoms with Gasteiger partial charge in [-0.15, -0.1) is 0 Å². The molecule has 1 aliphatic rings. The fourth-order valence-electron chi connectivity index (χ4n) is 2.04. The number of carboxylic acid groups (broad SMARTS) is 1. The monoisotopic (exact) mass is 267 g/mol. The zero-order valence-electron chi connectivity index (χ0n) is 10.0. The number of carboxylic acids is 1.